The zero-order valence-corrected chi connectivity index (χ0v) is 16.6. The van der Waals surface area contributed by atoms with Crippen molar-refractivity contribution in [1.29, 1.82) is 0 Å². The molecule has 0 radical (unpaired) electrons. The van der Waals surface area contributed by atoms with E-state index in [0.29, 0.717) is 17.0 Å². The van der Waals surface area contributed by atoms with Gasteiger partial charge in [-0.25, -0.2) is 4.79 Å². The molecule has 1 aliphatic carbocycles. The number of benzene rings is 1. The van der Waals surface area contributed by atoms with Gasteiger partial charge in [-0.15, -0.1) is 11.3 Å². The topological polar surface area (TPSA) is 75.6 Å². The molecule has 1 amide bonds. The number of rotatable bonds is 4. The summed E-state index contributed by atoms with van der Waals surface area (Å²) in [5, 5.41) is 14.1. The highest BCUT2D eigenvalue weighted by atomic mass is 79.9. The number of fused-ring (bicyclic) bond motifs is 1. The van der Waals surface area contributed by atoms with Gasteiger partial charge in [-0.1, -0.05) is 34.1 Å². The number of ether oxygens (including phenoxy) is 1. The highest BCUT2D eigenvalue weighted by Gasteiger charge is 2.33. The van der Waals surface area contributed by atoms with Gasteiger partial charge in [-0.2, -0.15) is 0 Å². The number of hydrogen-bond donors (Lipinski definition) is 2. The van der Waals surface area contributed by atoms with Crippen LogP contribution in [0, 0.1) is 0 Å². The van der Waals surface area contributed by atoms with Crippen LogP contribution in [0.25, 0.3) is 10.4 Å². The fraction of sp³-hybridized carbons (Fsp3) is 0.200. The fourth-order valence-electron chi connectivity index (χ4n) is 3.24. The molecule has 0 spiro atoms. The summed E-state index contributed by atoms with van der Waals surface area (Å²) in [4.78, 5) is 25.1. The third-order valence-electron chi connectivity index (χ3n) is 4.54. The average molecular weight is 446 g/mol. The number of carboxylic acids is 1. The molecule has 0 bridgehead atoms. The van der Waals surface area contributed by atoms with Crippen LogP contribution in [0.3, 0.4) is 0 Å². The van der Waals surface area contributed by atoms with Gasteiger partial charge in [0, 0.05) is 16.3 Å². The molecule has 1 aromatic heterocycles. The molecular formula is C20H16BrNO4S. The van der Waals surface area contributed by atoms with E-state index in [2.05, 4.69) is 27.3 Å². The molecule has 2 aliphatic rings. The number of hydrogen-bond acceptors (Lipinski definition) is 4. The van der Waals surface area contributed by atoms with Crippen LogP contribution in [0.4, 0.5) is 5.69 Å². The summed E-state index contributed by atoms with van der Waals surface area (Å²) in [7, 11) is 0. The van der Waals surface area contributed by atoms with Crippen LogP contribution in [0.5, 0.6) is 0 Å². The number of carbonyl (C=O) groups excluding carboxylic acids is 1. The molecule has 1 atom stereocenters. The van der Waals surface area contributed by atoms with Gasteiger partial charge >= 0.3 is 5.97 Å². The summed E-state index contributed by atoms with van der Waals surface area (Å²) < 4.78 is 6.65. The Morgan fingerprint density at radius 1 is 1.19 bits per heavy atom. The van der Waals surface area contributed by atoms with Crippen molar-refractivity contribution >= 4 is 44.8 Å². The van der Waals surface area contributed by atoms with Gasteiger partial charge in [0.15, 0.2) is 6.10 Å². The second kappa shape index (κ2) is 7.32. The van der Waals surface area contributed by atoms with E-state index in [9.17, 15) is 14.7 Å². The van der Waals surface area contributed by atoms with Crippen molar-refractivity contribution in [3.8, 4) is 10.4 Å². The normalized spacial score (nSPS) is 18.2. The number of carboxylic acid groups (broad SMARTS) is 1. The van der Waals surface area contributed by atoms with Crippen LogP contribution in [0.1, 0.15) is 29.6 Å². The first-order chi connectivity index (χ1) is 13.0. The van der Waals surface area contributed by atoms with Gasteiger partial charge in [0.25, 0.3) is 5.91 Å². The van der Waals surface area contributed by atoms with Crippen molar-refractivity contribution in [1.82, 2.24) is 0 Å². The first kappa shape index (κ1) is 18.0. The molecule has 7 heteroatoms. The molecule has 0 saturated carbocycles. The highest BCUT2D eigenvalue weighted by Crippen LogP contribution is 2.38. The number of aromatic carboxylic acids is 1. The molecule has 27 heavy (non-hydrogen) atoms. The Labute approximate surface area is 168 Å². The maximum Gasteiger partial charge on any atom is 0.339 e. The van der Waals surface area contributed by atoms with E-state index in [1.54, 1.807) is 5.38 Å². The third kappa shape index (κ3) is 3.57. The summed E-state index contributed by atoms with van der Waals surface area (Å²) in [5.41, 5.74) is 2.25. The standard InChI is InChI=1S/C20H16BrNO4S/c21-13-7-5-11(6-8-13)18-17(20(24)25)14(10-27-18)22-19(23)16-9-12-3-1-2-4-15(12)26-16/h3-8,10,16H,1-2,9H2,(H,22,23)(H,24,25). The zero-order chi connectivity index (χ0) is 19.0. The van der Waals surface area contributed by atoms with Gasteiger partial charge in [-0.3, -0.25) is 4.79 Å². The second-order valence-electron chi connectivity index (χ2n) is 6.34. The van der Waals surface area contributed by atoms with Crippen molar-refractivity contribution in [3.63, 3.8) is 0 Å². The summed E-state index contributed by atoms with van der Waals surface area (Å²) in [5.74, 6) is -0.620. The minimum absolute atomic E-state index is 0.101. The van der Waals surface area contributed by atoms with E-state index in [-0.39, 0.29) is 11.5 Å². The monoisotopic (exact) mass is 445 g/mol. The Hall–Kier alpha value is -2.38. The summed E-state index contributed by atoms with van der Waals surface area (Å²) in [6.45, 7) is 0. The van der Waals surface area contributed by atoms with Gasteiger partial charge in [-0.05, 0) is 42.2 Å². The Bertz CT molecular complexity index is 952. The molecule has 1 aliphatic heterocycles. The predicted molar refractivity (Wildman–Crippen MR) is 108 cm³/mol. The molecule has 5 nitrogen and oxygen atoms in total. The van der Waals surface area contributed by atoms with Gasteiger partial charge in [0.1, 0.15) is 11.3 Å². The van der Waals surface area contributed by atoms with Gasteiger partial charge < -0.3 is 15.2 Å². The molecular weight excluding hydrogens is 430 g/mol. The van der Waals surface area contributed by atoms with E-state index in [1.165, 1.54) is 11.3 Å². The van der Waals surface area contributed by atoms with Gasteiger partial charge in [0.05, 0.1) is 10.6 Å². The smallest absolute Gasteiger partial charge is 0.339 e. The number of carbonyl (C=O) groups is 2. The maximum absolute atomic E-state index is 12.6. The van der Waals surface area contributed by atoms with Crippen molar-refractivity contribution in [2.24, 2.45) is 0 Å². The van der Waals surface area contributed by atoms with E-state index in [0.717, 1.165) is 34.2 Å². The lowest BCUT2D eigenvalue weighted by molar-refractivity contribution is -0.123. The molecule has 2 heterocycles. The van der Waals surface area contributed by atoms with E-state index in [4.69, 9.17) is 4.74 Å². The van der Waals surface area contributed by atoms with E-state index >= 15 is 0 Å². The van der Waals surface area contributed by atoms with Crippen LogP contribution in [-0.2, 0) is 9.53 Å². The zero-order valence-electron chi connectivity index (χ0n) is 14.2. The molecule has 4 rings (SSSR count). The van der Waals surface area contributed by atoms with Crippen molar-refractivity contribution < 1.29 is 19.4 Å². The number of amides is 1. The summed E-state index contributed by atoms with van der Waals surface area (Å²) >= 11 is 4.67. The maximum atomic E-state index is 12.6. The van der Waals surface area contributed by atoms with E-state index in [1.807, 2.05) is 30.3 Å². The lowest BCUT2D eigenvalue weighted by Gasteiger charge is -2.11. The molecule has 2 N–H and O–H groups in total. The van der Waals surface area contributed by atoms with Crippen LogP contribution in [0.2, 0.25) is 0 Å². The summed E-state index contributed by atoms with van der Waals surface area (Å²) in [6, 6.07) is 7.40. The molecule has 1 aromatic carbocycles. The molecule has 1 fully saturated rings. The molecule has 1 unspecified atom stereocenters. The third-order valence-corrected chi connectivity index (χ3v) is 6.10. The number of allylic oxidation sites excluding steroid dienone is 3. The average Bonchev–Trinajstić information content (AvgIpc) is 3.26. The van der Waals surface area contributed by atoms with Crippen molar-refractivity contribution in [2.45, 2.75) is 25.4 Å². The Kier molecular flexibility index (Phi) is 4.88. The first-order valence-corrected chi connectivity index (χ1v) is 10.2. The fourth-order valence-corrected chi connectivity index (χ4v) is 4.51. The van der Waals surface area contributed by atoms with Crippen LogP contribution >= 0.6 is 27.3 Å². The largest absolute Gasteiger partial charge is 0.480 e. The second-order valence-corrected chi connectivity index (χ2v) is 8.14. The molecule has 1 saturated heterocycles. The quantitative estimate of drug-likeness (QED) is 0.677. The van der Waals surface area contributed by atoms with Crippen LogP contribution < -0.4 is 5.32 Å². The SMILES string of the molecule is O=C(O)c1c(NC(=O)C2CC3=CCCC=C3O2)csc1-c1ccc(Br)cc1. The van der Waals surface area contributed by atoms with Crippen molar-refractivity contribution in [2.75, 3.05) is 5.32 Å². The van der Waals surface area contributed by atoms with Gasteiger partial charge in [0.2, 0.25) is 0 Å². The minimum atomic E-state index is -1.07. The van der Waals surface area contributed by atoms with Crippen LogP contribution in [0.15, 0.2) is 57.6 Å². The highest BCUT2D eigenvalue weighted by molar-refractivity contribution is 9.10. The van der Waals surface area contributed by atoms with E-state index < -0.39 is 12.1 Å². The predicted octanol–water partition coefficient (Wildman–Crippen LogP) is 5.21. The first-order valence-electron chi connectivity index (χ1n) is 8.50. The molecule has 2 aromatic rings. The number of halogens is 1. The Balaban J connectivity index is 1.58. The Morgan fingerprint density at radius 3 is 2.63 bits per heavy atom. The molecule has 138 valence electrons. The minimum Gasteiger partial charge on any atom is -0.480 e. The summed E-state index contributed by atoms with van der Waals surface area (Å²) in [6.07, 6.45) is 5.86. The van der Waals surface area contributed by atoms with Crippen molar-refractivity contribution in [3.05, 3.63) is 63.2 Å². The van der Waals surface area contributed by atoms with Crippen LogP contribution in [-0.4, -0.2) is 23.1 Å². The Morgan fingerprint density at radius 2 is 1.93 bits per heavy atom. The number of nitrogens with one attached hydrogen (secondary N) is 1. The number of anilines is 1. The lowest BCUT2D eigenvalue weighted by atomic mass is 10.0. The number of thiophene rings is 1. The lowest BCUT2D eigenvalue weighted by Crippen LogP contribution is -2.27.